The Morgan fingerprint density at radius 1 is 1.19 bits per heavy atom. The van der Waals surface area contributed by atoms with Crippen molar-refractivity contribution in [3.63, 3.8) is 0 Å². The van der Waals surface area contributed by atoms with Gasteiger partial charge < -0.3 is 10.1 Å². The van der Waals surface area contributed by atoms with E-state index >= 15 is 0 Å². The van der Waals surface area contributed by atoms with Gasteiger partial charge in [-0.15, -0.1) is 11.3 Å². The molecule has 2 aromatic heterocycles. The number of carbonyl (C=O) groups is 1. The molecule has 0 spiro atoms. The second-order valence-corrected chi connectivity index (χ2v) is 6.54. The van der Waals surface area contributed by atoms with Crippen molar-refractivity contribution in [1.29, 1.82) is 0 Å². The number of ether oxygens (including phenoxy) is 1. The third-order valence-electron chi connectivity index (χ3n) is 3.83. The van der Waals surface area contributed by atoms with Crippen LogP contribution in [0.5, 0.6) is 5.75 Å². The molecule has 0 aliphatic carbocycles. The number of nitrogens with zero attached hydrogens (tertiary/aromatic N) is 2. The summed E-state index contributed by atoms with van der Waals surface area (Å²) in [6.07, 6.45) is 0.224. The monoisotopic (exact) mass is 369 g/mol. The molecule has 1 amide bonds. The zero-order valence-corrected chi connectivity index (χ0v) is 15.2. The van der Waals surface area contributed by atoms with Gasteiger partial charge in [-0.2, -0.15) is 5.10 Å². The number of thiophene rings is 1. The van der Waals surface area contributed by atoms with E-state index in [2.05, 4.69) is 10.4 Å². The van der Waals surface area contributed by atoms with E-state index in [0.717, 1.165) is 16.1 Å². The number of amides is 1. The van der Waals surface area contributed by atoms with E-state index in [1.54, 1.807) is 24.5 Å². The van der Waals surface area contributed by atoms with E-state index in [0.29, 0.717) is 18.8 Å². The number of aromatic nitrogens is 2. The molecule has 1 aromatic carbocycles. The highest BCUT2D eigenvalue weighted by atomic mass is 32.1. The maximum absolute atomic E-state index is 12.1. The van der Waals surface area contributed by atoms with Crippen LogP contribution in [0.2, 0.25) is 0 Å². The number of carbonyl (C=O) groups excluding carboxylic acids is 1. The van der Waals surface area contributed by atoms with Crippen LogP contribution >= 0.6 is 11.3 Å². The molecule has 0 aliphatic rings. The highest BCUT2D eigenvalue weighted by Gasteiger charge is 2.09. The Hall–Kier alpha value is -2.93. The van der Waals surface area contributed by atoms with Gasteiger partial charge in [0.1, 0.15) is 11.4 Å². The summed E-state index contributed by atoms with van der Waals surface area (Å²) < 4.78 is 6.62. The number of para-hydroxylation sites is 1. The summed E-state index contributed by atoms with van der Waals surface area (Å²) in [5.41, 5.74) is 1.38. The first-order valence-corrected chi connectivity index (χ1v) is 9.06. The maximum atomic E-state index is 12.1. The fourth-order valence-electron chi connectivity index (χ4n) is 2.55. The van der Waals surface area contributed by atoms with Gasteiger partial charge in [-0.1, -0.05) is 24.3 Å². The highest BCUT2D eigenvalue weighted by Crippen LogP contribution is 2.21. The molecule has 6 nitrogen and oxygen atoms in total. The normalized spacial score (nSPS) is 10.5. The van der Waals surface area contributed by atoms with Crippen molar-refractivity contribution in [2.24, 2.45) is 0 Å². The lowest BCUT2D eigenvalue weighted by Gasteiger charge is -2.10. The standard InChI is InChI=1S/C19H19N3O3S/c1-25-16-6-3-2-5-14(16)13-18(23)20-10-11-22-19(24)9-8-15(21-22)17-7-4-12-26-17/h2-9,12H,10-11,13H2,1H3,(H,20,23). The Bertz CT molecular complexity index is 935. The summed E-state index contributed by atoms with van der Waals surface area (Å²) >= 11 is 1.56. The zero-order chi connectivity index (χ0) is 18.4. The van der Waals surface area contributed by atoms with Gasteiger partial charge in [0.05, 0.1) is 25.0 Å². The molecule has 134 valence electrons. The topological polar surface area (TPSA) is 73.2 Å². The van der Waals surface area contributed by atoms with Crippen LogP contribution in [0, 0.1) is 0 Å². The third kappa shape index (κ3) is 4.37. The Morgan fingerprint density at radius 2 is 2.04 bits per heavy atom. The van der Waals surface area contributed by atoms with Gasteiger partial charge in [-0.05, 0) is 23.6 Å². The fraction of sp³-hybridized carbons (Fsp3) is 0.211. The molecule has 0 radical (unpaired) electrons. The molecule has 0 fully saturated rings. The number of methoxy groups -OCH3 is 1. The molecular weight excluding hydrogens is 350 g/mol. The lowest BCUT2D eigenvalue weighted by atomic mass is 10.1. The molecule has 0 saturated carbocycles. The van der Waals surface area contributed by atoms with Crippen LogP contribution in [0.3, 0.4) is 0 Å². The van der Waals surface area contributed by atoms with E-state index in [4.69, 9.17) is 4.74 Å². The molecule has 2 heterocycles. The Morgan fingerprint density at radius 3 is 2.81 bits per heavy atom. The quantitative estimate of drug-likeness (QED) is 0.694. The van der Waals surface area contributed by atoms with Crippen LogP contribution in [0.15, 0.2) is 58.7 Å². The predicted molar refractivity (Wildman–Crippen MR) is 102 cm³/mol. The van der Waals surface area contributed by atoms with Crippen LogP contribution in [-0.4, -0.2) is 29.3 Å². The van der Waals surface area contributed by atoms with E-state index in [-0.39, 0.29) is 17.9 Å². The molecule has 3 aromatic rings. The number of hydrogen-bond acceptors (Lipinski definition) is 5. The molecule has 26 heavy (non-hydrogen) atoms. The summed E-state index contributed by atoms with van der Waals surface area (Å²) in [7, 11) is 1.58. The molecule has 0 bridgehead atoms. The minimum Gasteiger partial charge on any atom is -0.496 e. The number of rotatable bonds is 7. The maximum Gasteiger partial charge on any atom is 0.266 e. The van der Waals surface area contributed by atoms with Crippen molar-refractivity contribution >= 4 is 17.2 Å². The molecule has 0 unspecified atom stereocenters. The third-order valence-corrected chi connectivity index (χ3v) is 4.72. The Balaban J connectivity index is 1.58. The first-order chi connectivity index (χ1) is 12.7. The van der Waals surface area contributed by atoms with E-state index in [1.807, 2.05) is 41.8 Å². The van der Waals surface area contributed by atoms with Gasteiger partial charge in [0, 0.05) is 18.2 Å². The van der Waals surface area contributed by atoms with E-state index < -0.39 is 0 Å². The second-order valence-electron chi connectivity index (χ2n) is 5.60. The van der Waals surface area contributed by atoms with Crippen LogP contribution in [0.4, 0.5) is 0 Å². The van der Waals surface area contributed by atoms with Gasteiger partial charge in [0.2, 0.25) is 5.91 Å². The molecule has 1 N–H and O–H groups in total. The zero-order valence-electron chi connectivity index (χ0n) is 14.3. The van der Waals surface area contributed by atoms with Crippen LogP contribution in [0.25, 0.3) is 10.6 Å². The lowest BCUT2D eigenvalue weighted by Crippen LogP contribution is -2.32. The number of hydrogen-bond donors (Lipinski definition) is 1. The average Bonchev–Trinajstić information content (AvgIpc) is 3.18. The van der Waals surface area contributed by atoms with Crippen molar-refractivity contribution in [1.82, 2.24) is 15.1 Å². The fourth-order valence-corrected chi connectivity index (χ4v) is 3.24. The molecule has 0 saturated heterocycles. The Kier molecular flexibility index (Phi) is 5.80. The van der Waals surface area contributed by atoms with E-state index in [1.165, 1.54) is 10.7 Å². The van der Waals surface area contributed by atoms with Crippen molar-refractivity contribution < 1.29 is 9.53 Å². The van der Waals surface area contributed by atoms with Crippen LogP contribution < -0.4 is 15.6 Å². The summed E-state index contributed by atoms with van der Waals surface area (Å²) in [4.78, 5) is 25.1. The van der Waals surface area contributed by atoms with Gasteiger partial charge in [-0.3, -0.25) is 9.59 Å². The summed E-state index contributed by atoms with van der Waals surface area (Å²) in [5.74, 6) is 0.557. The number of nitrogens with one attached hydrogen (secondary N) is 1. The first kappa shape index (κ1) is 17.9. The average molecular weight is 369 g/mol. The number of benzene rings is 1. The SMILES string of the molecule is COc1ccccc1CC(=O)NCCn1nc(-c2cccs2)ccc1=O. The second kappa shape index (κ2) is 8.44. The van der Waals surface area contributed by atoms with Crippen molar-refractivity contribution in [3.05, 3.63) is 69.8 Å². The van der Waals surface area contributed by atoms with Crippen molar-refractivity contribution in [2.45, 2.75) is 13.0 Å². The molecule has 0 aliphatic heterocycles. The van der Waals surface area contributed by atoms with Gasteiger partial charge in [0.15, 0.2) is 0 Å². The van der Waals surface area contributed by atoms with Crippen LogP contribution in [0.1, 0.15) is 5.56 Å². The minimum atomic E-state index is -0.190. The van der Waals surface area contributed by atoms with E-state index in [9.17, 15) is 9.59 Å². The molecular formula is C19H19N3O3S. The first-order valence-electron chi connectivity index (χ1n) is 8.18. The molecule has 3 rings (SSSR count). The minimum absolute atomic E-state index is 0.128. The van der Waals surface area contributed by atoms with Gasteiger partial charge in [0.25, 0.3) is 5.56 Å². The smallest absolute Gasteiger partial charge is 0.266 e. The lowest BCUT2D eigenvalue weighted by molar-refractivity contribution is -0.120. The summed E-state index contributed by atoms with van der Waals surface area (Å²) in [6, 6.07) is 14.5. The highest BCUT2D eigenvalue weighted by molar-refractivity contribution is 7.13. The largest absolute Gasteiger partial charge is 0.496 e. The van der Waals surface area contributed by atoms with Crippen LogP contribution in [-0.2, 0) is 17.8 Å². The van der Waals surface area contributed by atoms with Gasteiger partial charge >= 0.3 is 0 Å². The predicted octanol–water partition coefficient (Wildman–Crippen LogP) is 2.34. The molecule has 7 heteroatoms. The van der Waals surface area contributed by atoms with Gasteiger partial charge in [-0.25, -0.2) is 4.68 Å². The summed E-state index contributed by atoms with van der Waals surface area (Å²) in [5, 5.41) is 9.15. The Labute approximate surface area is 155 Å². The van der Waals surface area contributed by atoms with Crippen molar-refractivity contribution in [3.8, 4) is 16.3 Å². The van der Waals surface area contributed by atoms with Crippen molar-refractivity contribution in [2.75, 3.05) is 13.7 Å². The summed E-state index contributed by atoms with van der Waals surface area (Å²) in [6.45, 7) is 0.643. The molecule has 0 atom stereocenters.